The van der Waals surface area contributed by atoms with Crippen LogP contribution in [0, 0.1) is 6.92 Å². The highest BCUT2D eigenvalue weighted by Crippen LogP contribution is 2.21. The molecule has 0 aliphatic carbocycles. The maximum atomic E-state index is 12.2. The van der Waals surface area contributed by atoms with Crippen LogP contribution in [-0.4, -0.2) is 25.7 Å². The van der Waals surface area contributed by atoms with Crippen molar-refractivity contribution in [3.63, 3.8) is 0 Å². The molecule has 1 N–H and O–H groups in total. The number of oxazole rings is 1. The Morgan fingerprint density at radius 1 is 1.14 bits per heavy atom. The van der Waals surface area contributed by atoms with Gasteiger partial charge in [0.15, 0.2) is 17.5 Å². The maximum Gasteiger partial charge on any atom is 0.220 e. The quantitative estimate of drug-likeness (QED) is 0.525. The molecule has 0 atom stereocenters. The molecule has 0 radical (unpaired) electrons. The summed E-state index contributed by atoms with van der Waals surface area (Å²) in [5.74, 6) is 1.92. The van der Waals surface area contributed by atoms with E-state index >= 15 is 0 Å². The van der Waals surface area contributed by atoms with E-state index in [-0.39, 0.29) is 5.91 Å². The average Bonchev–Trinajstić information content (AvgIpc) is 3.44. The van der Waals surface area contributed by atoms with Gasteiger partial charge in [0, 0.05) is 43.5 Å². The van der Waals surface area contributed by atoms with Crippen molar-refractivity contribution < 1.29 is 9.21 Å². The van der Waals surface area contributed by atoms with Crippen molar-refractivity contribution in [3.05, 3.63) is 84.3 Å². The first-order valence-corrected chi connectivity index (χ1v) is 9.41. The lowest BCUT2D eigenvalue weighted by atomic mass is 10.1. The van der Waals surface area contributed by atoms with Crippen LogP contribution in [0.5, 0.6) is 0 Å². The number of aryl methyl sites for hydroxylation is 2. The van der Waals surface area contributed by atoms with E-state index in [0.29, 0.717) is 36.9 Å². The highest BCUT2D eigenvalue weighted by atomic mass is 16.4. The number of amides is 1. The zero-order valence-corrected chi connectivity index (χ0v) is 16.1. The molecule has 1 amide bonds. The van der Waals surface area contributed by atoms with Gasteiger partial charge in [0.05, 0.1) is 6.20 Å². The molecule has 0 unspecified atom stereocenters. The highest BCUT2D eigenvalue weighted by molar-refractivity contribution is 5.76. The van der Waals surface area contributed by atoms with Gasteiger partial charge >= 0.3 is 0 Å². The molecule has 0 saturated heterocycles. The van der Waals surface area contributed by atoms with Crippen LogP contribution in [0.1, 0.15) is 23.4 Å². The van der Waals surface area contributed by atoms with E-state index in [0.717, 1.165) is 11.1 Å². The van der Waals surface area contributed by atoms with Gasteiger partial charge in [0.25, 0.3) is 0 Å². The number of nitrogens with zero attached hydrogens (tertiary/aromatic N) is 4. The van der Waals surface area contributed by atoms with Crippen LogP contribution in [0.25, 0.3) is 17.1 Å². The number of aromatic nitrogens is 4. The minimum absolute atomic E-state index is 0.0578. The van der Waals surface area contributed by atoms with Crippen molar-refractivity contribution in [2.45, 2.75) is 26.3 Å². The molecule has 1 aromatic carbocycles. The lowest BCUT2D eigenvalue weighted by molar-refractivity contribution is -0.121. The Morgan fingerprint density at radius 2 is 2.00 bits per heavy atom. The number of rotatable bonds is 7. The average molecular weight is 387 g/mol. The fourth-order valence-corrected chi connectivity index (χ4v) is 2.89. The monoisotopic (exact) mass is 387 g/mol. The van der Waals surface area contributed by atoms with Crippen LogP contribution in [0.4, 0.5) is 0 Å². The van der Waals surface area contributed by atoms with Gasteiger partial charge in [0.2, 0.25) is 5.91 Å². The molecule has 0 fully saturated rings. The third-order valence-corrected chi connectivity index (χ3v) is 4.49. The molecule has 29 heavy (non-hydrogen) atoms. The summed E-state index contributed by atoms with van der Waals surface area (Å²) >= 11 is 0. The summed E-state index contributed by atoms with van der Waals surface area (Å²) in [6.07, 6.45) is 7.69. The van der Waals surface area contributed by atoms with Crippen LogP contribution >= 0.6 is 0 Å². The summed E-state index contributed by atoms with van der Waals surface area (Å²) in [6, 6.07) is 13.7. The van der Waals surface area contributed by atoms with Crippen LogP contribution in [0.3, 0.4) is 0 Å². The number of carbonyl (C=O) groups excluding carboxylic acids is 1. The summed E-state index contributed by atoms with van der Waals surface area (Å²) in [5.41, 5.74) is 3.12. The Balaban J connectivity index is 1.29. The Bertz CT molecular complexity index is 1080. The van der Waals surface area contributed by atoms with E-state index in [1.54, 1.807) is 23.3 Å². The van der Waals surface area contributed by atoms with Gasteiger partial charge in [0.1, 0.15) is 0 Å². The van der Waals surface area contributed by atoms with E-state index in [1.165, 1.54) is 5.56 Å². The van der Waals surface area contributed by atoms with Gasteiger partial charge in [-0.05, 0) is 30.7 Å². The standard InChI is InChI=1S/C22H21N5O2/c1-16-3-5-18(6-4-16)19-15-25-22(29-19)8-7-21(28)24-14-17-9-11-23-20(13-17)27-12-2-10-26-27/h2-6,9-13,15H,7-8,14H2,1H3,(H,24,28). The molecule has 146 valence electrons. The normalized spacial score (nSPS) is 10.8. The van der Waals surface area contributed by atoms with Crippen molar-refractivity contribution in [2.75, 3.05) is 0 Å². The van der Waals surface area contributed by atoms with Crippen molar-refractivity contribution >= 4 is 5.91 Å². The highest BCUT2D eigenvalue weighted by Gasteiger charge is 2.09. The smallest absolute Gasteiger partial charge is 0.220 e. The Hall–Kier alpha value is -3.74. The van der Waals surface area contributed by atoms with Crippen molar-refractivity contribution in [1.82, 2.24) is 25.1 Å². The minimum atomic E-state index is -0.0578. The fourth-order valence-electron chi connectivity index (χ4n) is 2.89. The summed E-state index contributed by atoms with van der Waals surface area (Å²) in [5, 5.41) is 7.08. The van der Waals surface area contributed by atoms with Crippen LogP contribution < -0.4 is 5.32 Å². The second-order valence-electron chi connectivity index (χ2n) is 6.73. The molecule has 3 aromatic heterocycles. The third kappa shape index (κ3) is 4.76. The third-order valence-electron chi connectivity index (χ3n) is 4.49. The van der Waals surface area contributed by atoms with E-state index in [1.807, 2.05) is 55.6 Å². The van der Waals surface area contributed by atoms with E-state index < -0.39 is 0 Å². The van der Waals surface area contributed by atoms with E-state index in [4.69, 9.17) is 4.42 Å². The van der Waals surface area contributed by atoms with Gasteiger partial charge in [-0.3, -0.25) is 4.79 Å². The van der Waals surface area contributed by atoms with Gasteiger partial charge in [-0.15, -0.1) is 0 Å². The molecule has 7 nitrogen and oxygen atoms in total. The summed E-state index contributed by atoms with van der Waals surface area (Å²) in [6.45, 7) is 2.47. The van der Waals surface area contributed by atoms with Gasteiger partial charge in [-0.25, -0.2) is 14.6 Å². The van der Waals surface area contributed by atoms with Crippen LogP contribution in [0.15, 0.2) is 71.7 Å². The summed E-state index contributed by atoms with van der Waals surface area (Å²) in [7, 11) is 0. The number of hydrogen-bond acceptors (Lipinski definition) is 5. The second-order valence-corrected chi connectivity index (χ2v) is 6.73. The SMILES string of the molecule is Cc1ccc(-c2cnc(CCC(=O)NCc3ccnc(-n4cccn4)c3)o2)cc1. The van der Waals surface area contributed by atoms with Crippen molar-refractivity contribution in [3.8, 4) is 17.1 Å². The van der Waals surface area contributed by atoms with E-state index in [2.05, 4.69) is 20.4 Å². The first kappa shape index (κ1) is 18.6. The Labute approximate surface area is 168 Å². The summed E-state index contributed by atoms with van der Waals surface area (Å²) in [4.78, 5) is 20.8. The number of benzene rings is 1. The number of nitrogens with one attached hydrogen (secondary N) is 1. The predicted molar refractivity (Wildman–Crippen MR) is 108 cm³/mol. The second kappa shape index (κ2) is 8.52. The van der Waals surface area contributed by atoms with Gasteiger partial charge < -0.3 is 9.73 Å². The first-order valence-electron chi connectivity index (χ1n) is 9.41. The Morgan fingerprint density at radius 3 is 2.79 bits per heavy atom. The molecular formula is C22H21N5O2. The molecular weight excluding hydrogens is 366 g/mol. The molecule has 0 aliphatic heterocycles. The Kier molecular flexibility index (Phi) is 5.47. The van der Waals surface area contributed by atoms with Crippen LogP contribution in [0.2, 0.25) is 0 Å². The molecule has 7 heteroatoms. The van der Waals surface area contributed by atoms with Gasteiger partial charge in [-0.2, -0.15) is 5.10 Å². The van der Waals surface area contributed by atoms with E-state index in [9.17, 15) is 4.79 Å². The topological polar surface area (TPSA) is 85.8 Å². The zero-order chi connectivity index (χ0) is 20.1. The molecule has 0 aliphatic rings. The molecule has 4 rings (SSSR count). The number of hydrogen-bond donors (Lipinski definition) is 1. The minimum Gasteiger partial charge on any atom is -0.441 e. The largest absolute Gasteiger partial charge is 0.441 e. The van der Waals surface area contributed by atoms with Gasteiger partial charge in [-0.1, -0.05) is 29.8 Å². The van der Waals surface area contributed by atoms with Crippen molar-refractivity contribution in [1.29, 1.82) is 0 Å². The maximum absolute atomic E-state index is 12.2. The number of pyridine rings is 1. The molecule has 3 heterocycles. The van der Waals surface area contributed by atoms with Crippen molar-refractivity contribution in [2.24, 2.45) is 0 Å². The predicted octanol–water partition coefficient (Wildman–Crippen LogP) is 3.48. The molecule has 4 aromatic rings. The summed E-state index contributed by atoms with van der Waals surface area (Å²) < 4.78 is 7.45. The zero-order valence-electron chi connectivity index (χ0n) is 16.1. The number of carbonyl (C=O) groups is 1. The first-order chi connectivity index (χ1) is 14.2. The fraction of sp³-hybridized carbons (Fsp3) is 0.182. The lowest BCUT2D eigenvalue weighted by Gasteiger charge is -2.06. The lowest BCUT2D eigenvalue weighted by Crippen LogP contribution is -2.23. The van der Waals surface area contributed by atoms with Crippen LogP contribution in [-0.2, 0) is 17.8 Å². The molecule has 0 bridgehead atoms. The molecule has 0 spiro atoms. The molecule has 0 saturated carbocycles.